The van der Waals surface area contributed by atoms with Crippen LogP contribution in [0.5, 0.6) is 5.75 Å². The maximum atomic E-state index is 13.5. The van der Waals surface area contributed by atoms with Crippen LogP contribution in [-0.2, 0) is 5.41 Å². The molecule has 0 bridgehead atoms. The highest BCUT2D eigenvalue weighted by molar-refractivity contribution is 5.94. The lowest BCUT2D eigenvalue weighted by Gasteiger charge is -2.19. The third kappa shape index (κ3) is 5.47. The lowest BCUT2D eigenvalue weighted by atomic mass is 9.96. The lowest BCUT2D eigenvalue weighted by molar-refractivity contribution is 0.0954. The second-order valence-electron chi connectivity index (χ2n) is 7.13. The summed E-state index contributed by atoms with van der Waals surface area (Å²) in [6, 6.07) is 13.8. The van der Waals surface area contributed by atoms with Crippen molar-refractivity contribution in [2.24, 2.45) is 4.99 Å². The van der Waals surface area contributed by atoms with Gasteiger partial charge in [0.1, 0.15) is 11.6 Å². The number of nitrogens with one attached hydrogen (secondary N) is 3. The van der Waals surface area contributed by atoms with Crippen molar-refractivity contribution < 1.29 is 13.9 Å². The maximum Gasteiger partial charge on any atom is 0.251 e. The Balaban J connectivity index is 1.42. The Morgan fingerprint density at radius 3 is 2.55 bits per heavy atom. The normalized spacial score (nSPS) is 14.8. The molecular formula is C22H27FN4O2. The van der Waals surface area contributed by atoms with Crippen molar-refractivity contribution in [3.8, 4) is 5.75 Å². The summed E-state index contributed by atoms with van der Waals surface area (Å²) in [5.41, 5.74) is 1.55. The second-order valence-corrected chi connectivity index (χ2v) is 7.13. The predicted molar refractivity (Wildman–Crippen MR) is 112 cm³/mol. The molecule has 1 aliphatic rings. The van der Waals surface area contributed by atoms with E-state index in [1.54, 1.807) is 50.6 Å². The Morgan fingerprint density at radius 2 is 1.86 bits per heavy atom. The molecule has 0 aromatic heterocycles. The quantitative estimate of drug-likeness (QED) is 0.363. The van der Waals surface area contributed by atoms with Crippen LogP contribution in [-0.4, -0.2) is 45.7 Å². The van der Waals surface area contributed by atoms with Crippen molar-refractivity contribution in [2.75, 3.05) is 33.8 Å². The molecule has 2 aromatic rings. The minimum atomic E-state index is -0.206. The molecule has 1 saturated carbocycles. The number of benzene rings is 2. The van der Waals surface area contributed by atoms with Gasteiger partial charge in [-0.15, -0.1) is 0 Å². The molecule has 3 N–H and O–H groups in total. The van der Waals surface area contributed by atoms with E-state index < -0.39 is 0 Å². The lowest BCUT2D eigenvalue weighted by Crippen LogP contribution is -2.44. The van der Waals surface area contributed by atoms with Crippen molar-refractivity contribution in [1.29, 1.82) is 0 Å². The largest absolute Gasteiger partial charge is 0.497 e. The van der Waals surface area contributed by atoms with Crippen molar-refractivity contribution in [1.82, 2.24) is 16.0 Å². The van der Waals surface area contributed by atoms with Crippen LogP contribution in [0.25, 0.3) is 0 Å². The molecule has 3 rings (SSSR count). The molecule has 6 nitrogen and oxygen atoms in total. The van der Waals surface area contributed by atoms with E-state index in [9.17, 15) is 9.18 Å². The first-order valence-corrected chi connectivity index (χ1v) is 9.69. The average Bonchev–Trinajstić information content (AvgIpc) is 3.54. The summed E-state index contributed by atoms with van der Waals surface area (Å²) in [5.74, 6) is 0.940. The molecule has 0 aliphatic heterocycles. The fourth-order valence-corrected chi connectivity index (χ4v) is 3.23. The van der Waals surface area contributed by atoms with E-state index in [2.05, 4.69) is 20.9 Å². The number of halogens is 1. The van der Waals surface area contributed by atoms with Gasteiger partial charge in [0.05, 0.1) is 7.11 Å². The summed E-state index contributed by atoms with van der Waals surface area (Å²) in [6.07, 6.45) is 2.05. The topological polar surface area (TPSA) is 74.8 Å². The SMILES string of the molecule is CN=C(NCCNC(=O)c1cccc(OC)c1)NCC1(c2cccc(F)c2)CC1. The number of hydrogen-bond donors (Lipinski definition) is 3. The summed E-state index contributed by atoms with van der Waals surface area (Å²) in [6.45, 7) is 1.67. The van der Waals surface area contributed by atoms with Gasteiger partial charge in [-0.05, 0) is 48.7 Å². The number of guanidine groups is 1. The molecule has 0 heterocycles. The Morgan fingerprint density at radius 1 is 1.10 bits per heavy atom. The van der Waals surface area contributed by atoms with Crippen molar-refractivity contribution >= 4 is 11.9 Å². The first kappa shape index (κ1) is 20.6. The molecule has 154 valence electrons. The molecule has 1 aliphatic carbocycles. The zero-order valence-corrected chi connectivity index (χ0v) is 16.8. The molecular weight excluding hydrogens is 371 g/mol. The third-order valence-electron chi connectivity index (χ3n) is 5.14. The summed E-state index contributed by atoms with van der Waals surface area (Å²) >= 11 is 0. The van der Waals surface area contributed by atoms with Crippen LogP contribution in [0.1, 0.15) is 28.8 Å². The Bertz CT molecular complexity index is 881. The van der Waals surface area contributed by atoms with E-state index in [1.807, 2.05) is 6.07 Å². The van der Waals surface area contributed by atoms with Crippen LogP contribution in [0.15, 0.2) is 53.5 Å². The van der Waals surface area contributed by atoms with Gasteiger partial charge in [-0.3, -0.25) is 9.79 Å². The van der Waals surface area contributed by atoms with Crippen LogP contribution in [0.3, 0.4) is 0 Å². The van der Waals surface area contributed by atoms with Gasteiger partial charge >= 0.3 is 0 Å². The molecule has 0 atom stereocenters. The highest BCUT2D eigenvalue weighted by Gasteiger charge is 2.44. The van der Waals surface area contributed by atoms with E-state index in [-0.39, 0.29) is 17.1 Å². The molecule has 0 unspecified atom stereocenters. The number of amides is 1. The molecule has 0 radical (unpaired) electrons. The third-order valence-corrected chi connectivity index (χ3v) is 5.14. The molecule has 7 heteroatoms. The minimum Gasteiger partial charge on any atom is -0.497 e. The van der Waals surface area contributed by atoms with Gasteiger partial charge in [-0.2, -0.15) is 0 Å². The molecule has 1 fully saturated rings. The van der Waals surface area contributed by atoms with E-state index >= 15 is 0 Å². The fraction of sp³-hybridized carbons (Fsp3) is 0.364. The van der Waals surface area contributed by atoms with Crippen LogP contribution in [0.2, 0.25) is 0 Å². The van der Waals surface area contributed by atoms with E-state index in [0.29, 0.717) is 36.9 Å². The summed E-state index contributed by atoms with van der Waals surface area (Å²) < 4.78 is 18.7. The average molecular weight is 398 g/mol. The monoisotopic (exact) mass is 398 g/mol. The number of rotatable bonds is 8. The number of carbonyl (C=O) groups excluding carboxylic acids is 1. The minimum absolute atomic E-state index is 0.0275. The molecule has 0 spiro atoms. The smallest absolute Gasteiger partial charge is 0.251 e. The first-order valence-electron chi connectivity index (χ1n) is 9.69. The van der Waals surface area contributed by atoms with Gasteiger partial charge in [-0.1, -0.05) is 18.2 Å². The van der Waals surface area contributed by atoms with Gasteiger partial charge in [-0.25, -0.2) is 4.39 Å². The van der Waals surface area contributed by atoms with Gasteiger partial charge in [0.15, 0.2) is 5.96 Å². The molecule has 1 amide bonds. The molecule has 0 saturated heterocycles. The van der Waals surface area contributed by atoms with E-state index in [0.717, 1.165) is 18.4 Å². The van der Waals surface area contributed by atoms with Gasteiger partial charge in [0.25, 0.3) is 5.91 Å². The number of nitrogens with zero attached hydrogens (tertiary/aromatic N) is 1. The predicted octanol–water partition coefficient (Wildman–Crippen LogP) is 2.46. The van der Waals surface area contributed by atoms with Crippen molar-refractivity contribution in [3.63, 3.8) is 0 Å². The van der Waals surface area contributed by atoms with Crippen LogP contribution in [0.4, 0.5) is 4.39 Å². The Hall–Kier alpha value is -3.09. The van der Waals surface area contributed by atoms with Gasteiger partial charge in [0.2, 0.25) is 0 Å². The van der Waals surface area contributed by atoms with E-state index in [4.69, 9.17) is 4.74 Å². The number of ether oxygens (including phenoxy) is 1. The highest BCUT2D eigenvalue weighted by atomic mass is 19.1. The second kappa shape index (κ2) is 9.41. The van der Waals surface area contributed by atoms with Crippen LogP contribution in [0, 0.1) is 5.82 Å². The Labute approximate surface area is 170 Å². The maximum absolute atomic E-state index is 13.5. The van der Waals surface area contributed by atoms with Crippen LogP contribution >= 0.6 is 0 Å². The summed E-state index contributed by atoms with van der Waals surface area (Å²) in [4.78, 5) is 16.4. The Kier molecular flexibility index (Phi) is 6.69. The van der Waals surface area contributed by atoms with Gasteiger partial charge < -0.3 is 20.7 Å². The fourth-order valence-electron chi connectivity index (χ4n) is 3.23. The summed E-state index contributed by atoms with van der Waals surface area (Å²) in [5, 5.41) is 9.36. The van der Waals surface area contributed by atoms with Gasteiger partial charge in [0, 0.05) is 37.7 Å². The zero-order valence-electron chi connectivity index (χ0n) is 16.8. The standard InChI is InChI=1S/C22H27FN4O2/c1-24-21(27-15-22(9-10-22)17-6-4-7-18(23)14-17)26-12-11-25-20(28)16-5-3-8-19(13-16)29-2/h3-8,13-14H,9-12,15H2,1-2H3,(H,25,28)(H2,24,26,27). The summed E-state index contributed by atoms with van der Waals surface area (Å²) in [7, 11) is 3.27. The van der Waals surface area contributed by atoms with E-state index in [1.165, 1.54) is 6.07 Å². The van der Waals surface area contributed by atoms with Crippen LogP contribution < -0.4 is 20.7 Å². The highest BCUT2D eigenvalue weighted by Crippen LogP contribution is 2.47. The number of hydrogen-bond acceptors (Lipinski definition) is 3. The van der Waals surface area contributed by atoms with Crippen molar-refractivity contribution in [2.45, 2.75) is 18.3 Å². The molecule has 2 aromatic carbocycles. The number of aliphatic imine (C=N–C) groups is 1. The number of methoxy groups -OCH3 is 1. The molecule has 29 heavy (non-hydrogen) atoms. The van der Waals surface area contributed by atoms with Crippen molar-refractivity contribution in [3.05, 3.63) is 65.5 Å². The zero-order chi connectivity index (χ0) is 20.7. The number of carbonyl (C=O) groups is 1. The first-order chi connectivity index (χ1) is 14.1.